The van der Waals surface area contributed by atoms with Crippen LogP contribution in [-0.4, -0.2) is 65.2 Å². The quantitative estimate of drug-likeness (QED) is 0.544. The number of nitrogens with zero attached hydrogens (tertiary/aromatic N) is 6. The summed E-state index contributed by atoms with van der Waals surface area (Å²) in [5, 5.41) is 4.71. The maximum Gasteiger partial charge on any atom is 0.230 e. The summed E-state index contributed by atoms with van der Waals surface area (Å²) in [5.74, 6) is 1.81. The molecular weight excluding hydrogens is 375 g/mol. The fraction of sp³-hybridized carbons (Fsp3) is 0.500. The summed E-state index contributed by atoms with van der Waals surface area (Å²) < 4.78 is 25.0. The first-order valence-electron chi connectivity index (χ1n) is 9.56. The van der Waals surface area contributed by atoms with Gasteiger partial charge in [0.05, 0.1) is 31.6 Å². The maximum atomic E-state index is 12.9. The van der Waals surface area contributed by atoms with Crippen LogP contribution in [0.5, 0.6) is 5.88 Å². The lowest BCUT2D eigenvalue weighted by atomic mass is 10.1. The first-order valence-corrected chi connectivity index (χ1v) is 9.56. The number of halogens is 1. The molecule has 0 radical (unpaired) electrons. The number of hydrogen-bond acceptors (Lipinski definition) is 7. The van der Waals surface area contributed by atoms with Crippen molar-refractivity contribution >= 4 is 11.6 Å². The van der Waals surface area contributed by atoms with Crippen molar-refractivity contribution in [3.8, 4) is 17.0 Å². The topological polar surface area (TPSA) is 77.7 Å². The molecule has 0 spiro atoms. The standard InChI is InChI=1S/C20H27FN6O2/c1-13-16(7-8-17(22-13)29-5)18-14(2)25-27-19(18)23-15(3)24-20(27)26(10-6-9-21)11-12-28-4/h7-8H,6,9-12H2,1-5H3. The van der Waals surface area contributed by atoms with Crippen molar-refractivity contribution in [2.45, 2.75) is 27.2 Å². The van der Waals surface area contributed by atoms with E-state index in [-0.39, 0.29) is 0 Å². The lowest BCUT2D eigenvalue weighted by molar-refractivity contribution is 0.204. The van der Waals surface area contributed by atoms with Crippen LogP contribution in [0.2, 0.25) is 0 Å². The summed E-state index contributed by atoms with van der Waals surface area (Å²) in [7, 11) is 3.24. The van der Waals surface area contributed by atoms with Crippen LogP contribution in [0.1, 0.15) is 23.6 Å². The van der Waals surface area contributed by atoms with E-state index in [1.165, 1.54) is 0 Å². The van der Waals surface area contributed by atoms with Crippen LogP contribution in [0.25, 0.3) is 16.8 Å². The zero-order valence-electron chi connectivity index (χ0n) is 17.6. The predicted octanol–water partition coefficient (Wildman–Crippen LogP) is 2.93. The fourth-order valence-corrected chi connectivity index (χ4v) is 3.33. The molecule has 0 aliphatic rings. The highest BCUT2D eigenvalue weighted by Crippen LogP contribution is 2.32. The van der Waals surface area contributed by atoms with Crippen molar-refractivity contribution in [3.05, 3.63) is 29.3 Å². The second-order valence-electron chi connectivity index (χ2n) is 6.78. The Morgan fingerprint density at radius 1 is 1.03 bits per heavy atom. The highest BCUT2D eigenvalue weighted by molar-refractivity contribution is 5.82. The van der Waals surface area contributed by atoms with Crippen molar-refractivity contribution in [2.24, 2.45) is 0 Å². The molecule has 0 aromatic carbocycles. The van der Waals surface area contributed by atoms with Crippen LogP contribution >= 0.6 is 0 Å². The highest BCUT2D eigenvalue weighted by Gasteiger charge is 2.21. The number of methoxy groups -OCH3 is 2. The normalized spacial score (nSPS) is 11.2. The van der Waals surface area contributed by atoms with E-state index in [1.54, 1.807) is 18.7 Å². The molecule has 3 rings (SSSR count). The molecule has 0 saturated heterocycles. The van der Waals surface area contributed by atoms with E-state index in [0.29, 0.717) is 49.4 Å². The van der Waals surface area contributed by atoms with Gasteiger partial charge in [0, 0.05) is 37.5 Å². The Morgan fingerprint density at radius 3 is 2.48 bits per heavy atom. The SMILES string of the molecule is COCCN(CCCF)c1nc(C)nc2c(-c3ccc(OC)nc3C)c(C)nn12. The number of rotatable bonds is 9. The van der Waals surface area contributed by atoms with E-state index >= 15 is 0 Å². The van der Waals surface area contributed by atoms with Gasteiger partial charge in [0.2, 0.25) is 11.8 Å². The average molecular weight is 402 g/mol. The highest BCUT2D eigenvalue weighted by atomic mass is 19.1. The van der Waals surface area contributed by atoms with Crippen molar-refractivity contribution in [3.63, 3.8) is 0 Å². The third-order valence-electron chi connectivity index (χ3n) is 4.70. The Morgan fingerprint density at radius 2 is 1.83 bits per heavy atom. The molecule has 0 saturated carbocycles. The molecule has 0 bridgehead atoms. The minimum Gasteiger partial charge on any atom is -0.481 e. The Hall–Kier alpha value is -2.81. The average Bonchev–Trinajstić information content (AvgIpc) is 3.03. The first kappa shape index (κ1) is 20.9. The molecule has 29 heavy (non-hydrogen) atoms. The third kappa shape index (κ3) is 4.29. The predicted molar refractivity (Wildman–Crippen MR) is 109 cm³/mol. The number of ether oxygens (including phenoxy) is 2. The van der Waals surface area contributed by atoms with E-state index < -0.39 is 6.67 Å². The maximum absolute atomic E-state index is 12.9. The van der Waals surface area contributed by atoms with Crippen LogP contribution < -0.4 is 9.64 Å². The zero-order chi connectivity index (χ0) is 21.0. The Kier molecular flexibility index (Phi) is 6.58. The third-order valence-corrected chi connectivity index (χ3v) is 4.70. The molecule has 0 atom stereocenters. The Bertz CT molecular complexity index is 983. The van der Waals surface area contributed by atoms with Gasteiger partial charge < -0.3 is 14.4 Å². The number of pyridine rings is 1. The largest absolute Gasteiger partial charge is 0.481 e. The first-order chi connectivity index (χ1) is 14.0. The van der Waals surface area contributed by atoms with Gasteiger partial charge >= 0.3 is 0 Å². The summed E-state index contributed by atoms with van der Waals surface area (Å²) in [4.78, 5) is 15.7. The van der Waals surface area contributed by atoms with Gasteiger partial charge in [-0.1, -0.05) is 0 Å². The molecule has 3 heterocycles. The van der Waals surface area contributed by atoms with Gasteiger partial charge in [-0.05, 0) is 33.3 Å². The van der Waals surface area contributed by atoms with Gasteiger partial charge in [0.25, 0.3) is 0 Å². The number of hydrogen-bond donors (Lipinski definition) is 0. The van der Waals surface area contributed by atoms with Crippen molar-refractivity contribution in [1.82, 2.24) is 24.6 Å². The molecular formula is C20H27FN6O2. The van der Waals surface area contributed by atoms with E-state index in [2.05, 4.69) is 15.0 Å². The van der Waals surface area contributed by atoms with Crippen LogP contribution in [0.3, 0.4) is 0 Å². The van der Waals surface area contributed by atoms with E-state index in [1.807, 2.05) is 37.8 Å². The molecule has 0 amide bonds. The number of aryl methyl sites for hydroxylation is 3. The van der Waals surface area contributed by atoms with Crippen LogP contribution in [-0.2, 0) is 4.74 Å². The van der Waals surface area contributed by atoms with Gasteiger partial charge in [0.1, 0.15) is 5.82 Å². The monoisotopic (exact) mass is 402 g/mol. The van der Waals surface area contributed by atoms with E-state index in [9.17, 15) is 4.39 Å². The Balaban J connectivity index is 2.17. The van der Waals surface area contributed by atoms with Gasteiger partial charge in [0.15, 0.2) is 5.65 Å². The van der Waals surface area contributed by atoms with Crippen molar-refractivity contribution in [2.75, 3.05) is 45.5 Å². The number of alkyl halides is 1. The van der Waals surface area contributed by atoms with E-state index in [4.69, 9.17) is 14.6 Å². The minimum absolute atomic E-state index is 0.392. The molecule has 0 aliphatic heterocycles. The molecule has 0 fully saturated rings. The lowest BCUT2D eigenvalue weighted by Gasteiger charge is -2.23. The summed E-state index contributed by atoms with van der Waals surface area (Å²) in [6.07, 6.45) is 0.406. The molecule has 3 aromatic heterocycles. The minimum atomic E-state index is -0.392. The van der Waals surface area contributed by atoms with E-state index in [0.717, 1.165) is 22.5 Å². The second-order valence-corrected chi connectivity index (χ2v) is 6.78. The molecule has 0 N–H and O–H groups in total. The molecule has 0 aliphatic carbocycles. The van der Waals surface area contributed by atoms with Crippen molar-refractivity contribution < 1.29 is 13.9 Å². The zero-order valence-corrected chi connectivity index (χ0v) is 17.6. The number of fused-ring (bicyclic) bond motifs is 1. The summed E-state index contributed by atoms with van der Waals surface area (Å²) in [5.41, 5.74) is 4.19. The lowest BCUT2D eigenvalue weighted by Crippen LogP contribution is -2.32. The summed E-state index contributed by atoms with van der Waals surface area (Å²) in [6.45, 7) is 6.93. The number of anilines is 1. The van der Waals surface area contributed by atoms with Gasteiger partial charge in [-0.15, -0.1) is 0 Å². The van der Waals surface area contributed by atoms with Crippen molar-refractivity contribution in [1.29, 1.82) is 0 Å². The number of aromatic nitrogens is 5. The molecule has 3 aromatic rings. The van der Waals surface area contributed by atoms with Crippen LogP contribution in [0, 0.1) is 20.8 Å². The smallest absolute Gasteiger partial charge is 0.230 e. The van der Waals surface area contributed by atoms with Crippen LogP contribution in [0.15, 0.2) is 12.1 Å². The molecule has 0 unspecified atom stereocenters. The fourth-order valence-electron chi connectivity index (χ4n) is 3.33. The molecule has 156 valence electrons. The Labute approximate surface area is 169 Å². The molecule has 8 nitrogen and oxygen atoms in total. The second kappa shape index (κ2) is 9.13. The molecule has 9 heteroatoms. The summed E-state index contributed by atoms with van der Waals surface area (Å²) in [6, 6.07) is 3.79. The van der Waals surface area contributed by atoms with Crippen LogP contribution in [0.4, 0.5) is 10.3 Å². The summed E-state index contributed by atoms with van der Waals surface area (Å²) >= 11 is 0. The van der Waals surface area contributed by atoms with Gasteiger partial charge in [-0.3, -0.25) is 4.39 Å². The van der Waals surface area contributed by atoms with Gasteiger partial charge in [-0.2, -0.15) is 14.6 Å². The van der Waals surface area contributed by atoms with Gasteiger partial charge in [-0.25, -0.2) is 9.97 Å².